The number of anilines is 1. The molecule has 0 spiro atoms. The first kappa shape index (κ1) is 16.6. The third-order valence-electron chi connectivity index (χ3n) is 4.60. The summed E-state index contributed by atoms with van der Waals surface area (Å²) in [5, 5.41) is 5.85. The van der Waals surface area contributed by atoms with Crippen molar-refractivity contribution in [3.8, 4) is 5.69 Å². The molecule has 3 rings (SSSR count). The molecule has 5 nitrogen and oxygen atoms in total. The number of urea groups is 1. The second kappa shape index (κ2) is 8.02. The van der Waals surface area contributed by atoms with Crippen molar-refractivity contribution in [2.75, 3.05) is 31.5 Å². The number of aromatic nitrogens is 1. The molecule has 0 bridgehead atoms. The second-order valence-corrected chi connectivity index (χ2v) is 6.55. The third-order valence-corrected chi connectivity index (χ3v) is 4.60. The molecule has 1 aliphatic heterocycles. The molecule has 1 saturated heterocycles. The lowest BCUT2D eigenvalue weighted by Crippen LogP contribution is -2.40. The lowest BCUT2D eigenvalue weighted by molar-refractivity contribution is 0.192. The minimum Gasteiger partial charge on any atom is -0.337 e. The van der Waals surface area contributed by atoms with Gasteiger partial charge in [-0.1, -0.05) is 13.0 Å². The van der Waals surface area contributed by atoms with Gasteiger partial charge in [-0.15, -0.1) is 0 Å². The van der Waals surface area contributed by atoms with E-state index in [1.54, 1.807) is 0 Å². The van der Waals surface area contributed by atoms with Crippen LogP contribution in [0.2, 0.25) is 0 Å². The Morgan fingerprint density at radius 3 is 2.67 bits per heavy atom. The van der Waals surface area contributed by atoms with Gasteiger partial charge < -0.3 is 20.1 Å². The van der Waals surface area contributed by atoms with E-state index in [9.17, 15) is 4.79 Å². The van der Waals surface area contributed by atoms with Crippen molar-refractivity contribution in [3.05, 3.63) is 48.8 Å². The van der Waals surface area contributed by atoms with Gasteiger partial charge in [0.15, 0.2) is 0 Å². The maximum Gasteiger partial charge on any atom is 0.319 e. The summed E-state index contributed by atoms with van der Waals surface area (Å²) >= 11 is 0. The summed E-state index contributed by atoms with van der Waals surface area (Å²) in [4.78, 5) is 14.5. The van der Waals surface area contributed by atoms with Crippen LogP contribution in [0.3, 0.4) is 0 Å². The number of hydrogen-bond acceptors (Lipinski definition) is 2. The molecule has 1 aromatic carbocycles. The summed E-state index contributed by atoms with van der Waals surface area (Å²) in [7, 11) is 0. The predicted octanol–water partition coefficient (Wildman–Crippen LogP) is 3.33. The first-order valence-electron chi connectivity index (χ1n) is 8.71. The number of nitrogens with one attached hydrogen (secondary N) is 2. The highest BCUT2D eigenvalue weighted by atomic mass is 16.2. The fraction of sp³-hybridized carbons (Fsp3) is 0.421. The third kappa shape index (κ3) is 4.61. The summed E-state index contributed by atoms with van der Waals surface area (Å²) in [6.45, 7) is 6.19. The summed E-state index contributed by atoms with van der Waals surface area (Å²) in [6, 6.07) is 11.6. The standard InChI is InChI=1S/C19H26N4O/c1-16-7-12-22(13-8-16)14-9-20-19(24)21-17-5-4-6-18(15-17)23-10-2-3-11-23/h2-6,10-11,15-16H,7-9,12-14H2,1H3,(H2,20,21,24). The molecule has 2 N–H and O–H groups in total. The van der Waals surface area contributed by atoms with E-state index in [1.165, 1.54) is 12.8 Å². The molecule has 0 aliphatic carbocycles. The van der Waals surface area contributed by atoms with E-state index in [-0.39, 0.29) is 6.03 Å². The first-order chi connectivity index (χ1) is 11.7. The van der Waals surface area contributed by atoms with Gasteiger partial charge in [-0.05, 0) is 62.2 Å². The molecule has 128 valence electrons. The molecule has 2 heterocycles. The maximum absolute atomic E-state index is 12.1. The van der Waals surface area contributed by atoms with Crippen LogP contribution in [0, 0.1) is 5.92 Å². The number of carbonyl (C=O) groups excluding carboxylic acids is 1. The molecular formula is C19H26N4O. The Morgan fingerprint density at radius 1 is 1.17 bits per heavy atom. The Morgan fingerprint density at radius 2 is 1.92 bits per heavy atom. The van der Waals surface area contributed by atoms with Crippen LogP contribution in [0.5, 0.6) is 0 Å². The van der Waals surface area contributed by atoms with Crippen LogP contribution >= 0.6 is 0 Å². The van der Waals surface area contributed by atoms with Crippen molar-refractivity contribution in [3.63, 3.8) is 0 Å². The quantitative estimate of drug-likeness (QED) is 0.885. The first-order valence-corrected chi connectivity index (χ1v) is 8.71. The Hall–Kier alpha value is -2.27. The second-order valence-electron chi connectivity index (χ2n) is 6.55. The topological polar surface area (TPSA) is 49.3 Å². The van der Waals surface area contributed by atoms with Crippen LogP contribution < -0.4 is 10.6 Å². The zero-order valence-corrected chi connectivity index (χ0v) is 14.2. The van der Waals surface area contributed by atoms with Crippen LogP contribution in [-0.2, 0) is 0 Å². The van der Waals surface area contributed by atoms with Crippen molar-refractivity contribution in [1.29, 1.82) is 0 Å². The van der Waals surface area contributed by atoms with Gasteiger partial charge in [0.25, 0.3) is 0 Å². The summed E-state index contributed by atoms with van der Waals surface area (Å²) in [6.07, 6.45) is 6.49. The fourth-order valence-electron chi connectivity index (χ4n) is 3.04. The summed E-state index contributed by atoms with van der Waals surface area (Å²) < 4.78 is 2.01. The lowest BCUT2D eigenvalue weighted by atomic mass is 9.99. The average Bonchev–Trinajstić information content (AvgIpc) is 3.11. The molecular weight excluding hydrogens is 300 g/mol. The SMILES string of the molecule is CC1CCN(CCNC(=O)Nc2cccc(-n3cccc3)c2)CC1. The van der Waals surface area contributed by atoms with E-state index in [1.807, 2.05) is 53.4 Å². The largest absolute Gasteiger partial charge is 0.337 e. The number of nitrogens with zero attached hydrogens (tertiary/aromatic N) is 2. The average molecular weight is 326 g/mol. The monoisotopic (exact) mass is 326 g/mol. The van der Waals surface area contributed by atoms with E-state index in [0.29, 0.717) is 6.54 Å². The number of hydrogen-bond donors (Lipinski definition) is 2. The molecule has 1 fully saturated rings. The maximum atomic E-state index is 12.1. The van der Waals surface area contributed by atoms with Crippen LogP contribution in [0.1, 0.15) is 19.8 Å². The molecule has 1 aliphatic rings. The van der Waals surface area contributed by atoms with Crippen LogP contribution in [0.4, 0.5) is 10.5 Å². The zero-order chi connectivity index (χ0) is 16.8. The molecule has 0 unspecified atom stereocenters. The van der Waals surface area contributed by atoms with Crippen LogP contribution in [0.25, 0.3) is 5.69 Å². The van der Waals surface area contributed by atoms with Crippen molar-refractivity contribution >= 4 is 11.7 Å². The molecule has 0 atom stereocenters. The number of carbonyl (C=O) groups is 1. The lowest BCUT2D eigenvalue weighted by Gasteiger charge is -2.30. The number of likely N-dealkylation sites (tertiary alicyclic amines) is 1. The highest BCUT2D eigenvalue weighted by Gasteiger charge is 2.15. The molecule has 0 saturated carbocycles. The molecule has 24 heavy (non-hydrogen) atoms. The van der Waals surface area contributed by atoms with Gasteiger partial charge >= 0.3 is 6.03 Å². The van der Waals surface area contributed by atoms with Gasteiger partial charge in [-0.25, -0.2) is 4.79 Å². The summed E-state index contributed by atoms with van der Waals surface area (Å²) in [5.41, 5.74) is 1.82. The van der Waals surface area contributed by atoms with Crippen molar-refractivity contribution < 1.29 is 4.79 Å². The zero-order valence-electron chi connectivity index (χ0n) is 14.2. The number of piperidine rings is 1. The van der Waals surface area contributed by atoms with E-state index in [2.05, 4.69) is 22.5 Å². The highest BCUT2D eigenvalue weighted by molar-refractivity contribution is 5.89. The predicted molar refractivity (Wildman–Crippen MR) is 97.6 cm³/mol. The minimum absolute atomic E-state index is 0.148. The molecule has 2 aromatic rings. The van der Waals surface area contributed by atoms with Gasteiger partial charge in [0.2, 0.25) is 0 Å². The Kier molecular flexibility index (Phi) is 5.54. The van der Waals surface area contributed by atoms with Gasteiger partial charge in [-0.2, -0.15) is 0 Å². The van der Waals surface area contributed by atoms with Gasteiger partial charge in [0, 0.05) is 36.9 Å². The molecule has 2 amide bonds. The number of benzene rings is 1. The minimum atomic E-state index is -0.148. The van der Waals surface area contributed by atoms with Gasteiger partial charge in [0.05, 0.1) is 0 Å². The van der Waals surface area contributed by atoms with E-state index < -0.39 is 0 Å². The Labute approximate surface area is 143 Å². The van der Waals surface area contributed by atoms with Crippen molar-refractivity contribution in [2.45, 2.75) is 19.8 Å². The Bertz CT molecular complexity index is 645. The smallest absolute Gasteiger partial charge is 0.319 e. The number of amides is 2. The number of rotatable bonds is 5. The highest BCUT2D eigenvalue weighted by Crippen LogP contribution is 2.16. The molecule has 5 heteroatoms. The van der Waals surface area contributed by atoms with Crippen molar-refractivity contribution in [1.82, 2.24) is 14.8 Å². The van der Waals surface area contributed by atoms with Gasteiger partial charge in [-0.3, -0.25) is 0 Å². The molecule has 0 radical (unpaired) electrons. The van der Waals surface area contributed by atoms with E-state index in [0.717, 1.165) is 36.9 Å². The fourth-order valence-corrected chi connectivity index (χ4v) is 3.04. The van der Waals surface area contributed by atoms with Crippen LogP contribution in [-0.4, -0.2) is 41.7 Å². The molecule has 1 aromatic heterocycles. The van der Waals surface area contributed by atoms with E-state index >= 15 is 0 Å². The van der Waals surface area contributed by atoms with Gasteiger partial charge in [0.1, 0.15) is 0 Å². The normalized spacial score (nSPS) is 16.0. The summed E-state index contributed by atoms with van der Waals surface area (Å²) in [5.74, 6) is 0.838. The van der Waals surface area contributed by atoms with E-state index in [4.69, 9.17) is 0 Å². The van der Waals surface area contributed by atoms with Crippen molar-refractivity contribution in [2.24, 2.45) is 5.92 Å². The Balaban J connectivity index is 1.44. The van der Waals surface area contributed by atoms with Crippen LogP contribution in [0.15, 0.2) is 48.8 Å².